The Labute approximate surface area is 110 Å². The number of fused-ring (bicyclic) bond motifs is 1. The lowest BCUT2D eigenvalue weighted by atomic mass is 10.1. The number of rotatable bonds is 1. The molecule has 0 aromatic heterocycles. The number of hydrogen-bond donors (Lipinski definition) is 1. The molecule has 3 rings (SSSR count). The van der Waals surface area contributed by atoms with E-state index < -0.39 is 5.97 Å². The van der Waals surface area contributed by atoms with Gasteiger partial charge in [0.2, 0.25) is 0 Å². The van der Waals surface area contributed by atoms with Gasteiger partial charge in [0.25, 0.3) is 0 Å². The molecule has 0 atom stereocenters. The van der Waals surface area contributed by atoms with Crippen LogP contribution in [0.2, 0.25) is 5.02 Å². The second-order valence-electron chi connectivity index (χ2n) is 3.72. The van der Waals surface area contributed by atoms with Crippen LogP contribution in [0.4, 0.5) is 0 Å². The van der Waals surface area contributed by atoms with Crippen LogP contribution in [0.15, 0.2) is 42.5 Å². The minimum absolute atomic E-state index is 0.0990. The van der Waals surface area contributed by atoms with Crippen molar-refractivity contribution >= 4 is 17.6 Å². The molecule has 0 radical (unpaired) electrons. The highest BCUT2D eigenvalue weighted by molar-refractivity contribution is 6.30. The maximum Gasteiger partial charge on any atom is 0.336 e. The van der Waals surface area contributed by atoms with Gasteiger partial charge in [-0.1, -0.05) is 35.7 Å². The molecule has 1 aromatic carbocycles. The number of aromatic carboxylic acids is 1. The van der Waals surface area contributed by atoms with E-state index in [1.165, 1.54) is 29.3 Å². The molecule has 1 aromatic rings. The summed E-state index contributed by atoms with van der Waals surface area (Å²) >= 11 is 5.61. The van der Waals surface area contributed by atoms with E-state index in [0.717, 1.165) is 0 Å². The van der Waals surface area contributed by atoms with Gasteiger partial charge in [-0.15, -0.1) is 6.42 Å². The third-order valence-electron chi connectivity index (χ3n) is 2.48. The van der Waals surface area contributed by atoms with E-state index in [1.54, 1.807) is 0 Å². The lowest BCUT2D eigenvalue weighted by molar-refractivity contribution is 0.0696. The molecule has 88 valence electrons. The van der Waals surface area contributed by atoms with Crippen molar-refractivity contribution in [3.8, 4) is 23.5 Å². The summed E-state index contributed by atoms with van der Waals surface area (Å²) < 4.78 is 0. The molecule has 0 saturated carbocycles. The van der Waals surface area contributed by atoms with Crippen LogP contribution in [0.25, 0.3) is 11.1 Å². The van der Waals surface area contributed by atoms with Gasteiger partial charge in [0.1, 0.15) is 0 Å². The topological polar surface area (TPSA) is 37.3 Å². The zero-order chi connectivity index (χ0) is 13.1. The number of carbonyl (C=O) groups is 1. The fraction of sp³-hybridized carbons (Fsp3) is 0. The lowest BCUT2D eigenvalue weighted by Gasteiger charge is -1.98. The Balaban J connectivity index is 0.000000164. The fourth-order valence-electron chi connectivity index (χ4n) is 1.50. The molecule has 2 nitrogen and oxygen atoms in total. The quantitative estimate of drug-likeness (QED) is 0.674. The number of terminal acetylenes is 1. The number of carboxylic acid groups (broad SMARTS) is 1. The summed E-state index contributed by atoms with van der Waals surface area (Å²) in [5, 5.41) is 9.09. The molecule has 3 heteroatoms. The summed E-state index contributed by atoms with van der Waals surface area (Å²) in [5.74, 6) is 1.21. The van der Waals surface area contributed by atoms with Crippen LogP contribution in [0.3, 0.4) is 0 Å². The first-order valence-electron chi connectivity index (χ1n) is 5.21. The molecule has 0 aliphatic heterocycles. The first kappa shape index (κ1) is 12.2. The van der Waals surface area contributed by atoms with Crippen LogP contribution in [0.1, 0.15) is 15.9 Å². The number of halogens is 1. The van der Waals surface area contributed by atoms with Gasteiger partial charge < -0.3 is 5.11 Å². The summed E-state index contributed by atoms with van der Waals surface area (Å²) in [6, 6.07) is 12.8. The second kappa shape index (κ2) is 4.95. The minimum atomic E-state index is -1.04. The summed E-state index contributed by atoms with van der Waals surface area (Å²) in [7, 11) is 0. The van der Waals surface area contributed by atoms with Crippen molar-refractivity contribution < 1.29 is 9.90 Å². The van der Waals surface area contributed by atoms with Crippen molar-refractivity contribution in [3.63, 3.8) is 0 Å². The molecule has 0 fully saturated rings. The Morgan fingerprint density at radius 1 is 1.17 bits per heavy atom. The molecule has 0 heterocycles. The highest BCUT2D eigenvalue weighted by atomic mass is 35.5. The summed E-state index contributed by atoms with van der Waals surface area (Å²) in [5.41, 5.74) is 3.25. The van der Waals surface area contributed by atoms with Crippen molar-refractivity contribution in [1.29, 1.82) is 0 Å². The van der Waals surface area contributed by atoms with Gasteiger partial charge in [-0.25, -0.2) is 4.79 Å². The van der Waals surface area contributed by atoms with Gasteiger partial charge in [0.05, 0.1) is 5.56 Å². The van der Waals surface area contributed by atoms with Crippen LogP contribution in [-0.4, -0.2) is 11.1 Å². The van der Waals surface area contributed by atoms with E-state index in [-0.39, 0.29) is 5.56 Å². The molecular formula is C15H9ClO2. The molecule has 2 aliphatic rings. The van der Waals surface area contributed by atoms with Crippen molar-refractivity contribution in [2.45, 2.75) is 0 Å². The average molecular weight is 257 g/mol. The maximum atomic E-state index is 10.6. The summed E-state index contributed by atoms with van der Waals surface area (Å²) in [6.45, 7) is 0. The van der Waals surface area contributed by atoms with Gasteiger partial charge in [-0.05, 0) is 35.4 Å². The SMILES string of the molecule is C#Cc1cc(Cl)ccc1C(=O)O.c1cc2cc-2c1. The number of benzene rings is 2. The molecule has 1 N–H and O–H groups in total. The van der Waals surface area contributed by atoms with Crippen LogP contribution < -0.4 is 0 Å². The van der Waals surface area contributed by atoms with Crippen LogP contribution in [0.5, 0.6) is 0 Å². The Bertz CT molecular complexity index is 637. The third-order valence-corrected chi connectivity index (χ3v) is 2.72. The second-order valence-corrected chi connectivity index (χ2v) is 4.16. The molecule has 0 unspecified atom stereocenters. The van der Waals surface area contributed by atoms with Crippen molar-refractivity contribution in [2.24, 2.45) is 0 Å². The Morgan fingerprint density at radius 2 is 1.83 bits per heavy atom. The zero-order valence-electron chi connectivity index (χ0n) is 9.35. The van der Waals surface area contributed by atoms with Crippen LogP contribution in [0, 0.1) is 12.3 Å². The van der Waals surface area contributed by atoms with Crippen molar-refractivity contribution in [2.75, 3.05) is 0 Å². The van der Waals surface area contributed by atoms with E-state index >= 15 is 0 Å². The highest BCUT2D eigenvalue weighted by Crippen LogP contribution is 2.32. The largest absolute Gasteiger partial charge is 0.478 e. The highest BCUT2D eigenvalue weighted by Gasteiger charge is 2.08. The van der Waals surface area contributed by atoms with Crippen LogP contribution in [-0.2, 0) is 0 Å². The Hall–Kier alpha value is -2.24. The fourth-order valence-corrected chi connectivity index (χ4v) is 1.67. The van der Waals surface area contributed by atoms with E-state index in [4.69, 9.17) is 23.1 Å². The zero-order valence-corrected chi connectivity index (χ0v) is 10.1. The first-order chi connectivity index (χ1) is 8.61. The maximum absolute atomic E-state index is 10.6. The molecular weight excluding hydrogens is 248 g/mol. The third kappa shape index (κ3) is 2.71. The van der Waals surface area contributed by atoms with Gasteiger partial charge >= 0.3 is 5.97 Å². The predicted octanol–water partition coefficient (Wildman–Crippen LogP) is 3.69. The van der Waals surface area contributed by atoms with Crippen molar-refractivity contribution in [1.82, 2.24) is 0 Å². The molecule has 0 saturated heterocycles. The molecule has 0 amide bonds. The molecule has 0 spiro atoms. The van der Waals surface area contributed by atoms with E-state index in [9.17, 15) is 4.79 Å². The van der Waals surface area contributed by atoms with Crippen LogP contribution >= 0.6 is 11.6 Å². The van der Waals surface area contributed by atoms with E-state index in [2.05, 4.69) is 30.2 Å². The smallest absolute Gasteiger partial charge is 0.336 e. The minimum Gasteiger partial charge on any atom is -0.478 e. The monoisotopic (exact) mass is 256 g/mol. The number of hydrogen-bond acceptors (Lipinski definition) is 1. The lowest BCUT2D eigenvalue weighted by Crippen LogP contribution is -1.99. The Morgan fingerprint density at radius 3 is 2.22 bits per heavy atom. The molecule has 18 heavy (non-hydrogen) atoms. The molecule has 2 aliphatic carbocycles. The van der Waals surface area contributed by atoms with Gasteiger partial charge in [0.15, 0.2) is 0 Å². The van der Waals surface area contributed by atoms with E-state index in [0.29, 0.717) is 10.6 Å². The predicted molar refractivity (Wildman–Crippen MR) is 71.8 cm³/mol. The van der Waals surface area contributed by atoms with Gasteiger partial charge in [-0.3, -0.25) is 0 Å². The van der Waals surface area contributed by atoms with E-state index in [1.807, 2.05) is 0 Å². The number of carboxylic acids is 1. The summed E-state index contributed by atoms with van der Waals surface area (Å²) in [6.07, 6.45) is 5.09. The van der Waals surface area contributed by atoms with Gasteiger partial charge in [0, 0.05) is 10.6 Å². The normalized spacial score (nSPS) is 9.78. The average Bonchev–Trinajstić information content (AvgIpc) is 2.96. The first-order valence-corrected chi connectivity index (χ1v) is 5.59. The molecule has 0 bridgehead atoms. The Kier molecular flexibility index (Phi) is 3.36. The van der Waals surface area contributed by atoms with Crippen molar-refractivity contribution in [3.05, 3.63) is 58.6 Å². The van der Waals surface area contributed by atoms with Gasteiger partial charge in [-0.2, -0.15) is 0 Å². The summed E-state index contributed by atoms with van der Waals surface area (Å²) in [4.78, 5) is 10.6. The standard InChI is InChI=1S/C9H5ClO2.C6H4/c1-2-6-5-7(10)3-4-8(6)9(11)12;1-2-5-4-6(5)3-1/h1,3-5H,(H,11,12);1-4H.